The quantitative estimate of drug-likeness (QED) is 0.771. The highest BCUT2D eigenvalue weighted by molar-refractivity contribution is 6.30. The molecule has 0 fully saturated rings. The molecule has 0 saturated carbocycles. The summed E-state index contributed by atoms with van der Waals surface area (Å²) in [6.07, 6.45) is 4.85. The standard InChI is InChI=1S/C15H24ClN/c1-12(2)5-3-7-14(11-17)9-13-6-4-8-15(16)10-13/h4,6,8,10,12,14H,3,5,7,9,11,17H2,1-2H3. The number of nitrogens with two attached hydrogens (primary N) is 1. The van der Waals surface area contributed by atoms with E-state index in [4.69, 9.17) is 17.3 Å². The summed E-state index contributed by atoms with van der Waals surface area (Å²) in [5, 5.41) is 0.820. The minimum atomic E-state index is 0.590. The molecule has 0 aliphatic rings. The van der Waals surface area contributed by atoms with Gasteiger partial charge in [-0.1, -0.05) is 50.4 Å². The summed E-state index contributed by atoms with van der Waals surface area (Å²) in [6.45, 7) is 5.31. The maximum absolute atomic E-state index is 5.99. The molecule has 1 aromatic rings. The molecule has 0 heterocycles. The van der Waals surface area contributed by atoms with Crippen LogP contribution in [0.3, 0.4) is 0 Å². The average Bonchev–Trinajstić information content (AvgIpc) is 2.27. The Morgan fingerprint density at radius 3 is 2.59 bits per heavy atom. The van der Waals surface area contributed by atoms with Gasteiger partial charge >= 0.3 is 0 Å². The lowest BCUT2D eigenvalue weighted by molar-refractivity contribution is 0.437. The summed E-state index contributed by atoms with van der Waals surface area (Å²) in [5.74, 6) is 1.38. The van der Waals surface area contributed by atoms with E-state index in [9.17, 15) is 0 Å². The Labute approximate surface area is 110 Å². The maximum atomic E-state index is 5.99. The zero-order valence-electron chi connectivity index (χ0n) is 11.0. The lowest BCUT2D eigenvalue weighted by Crippen LogP contribution is -2.17. The molecule has 0 saturated heterocycles. The van der Waals surface area contributed by atoms with Crippen LogP contribution < -0.4 is 5.73 Å². The Kier molecular flexibility index (Phi) is 6.61. The fraction of sp³-hybridized carbons (Fsp3) is 0.600. The lowest BCUT2D eigenvalue weighted by Gasteiger charge is -2.15. The monoisotopic (exact) mass is 253 g/mol. The van der Waals surface area contributed by atoms with E-state index >= 15 is 0 Å². The van der Waals surface area contributed by atoms with Crippen molar-refractivity contribution in [1.29, 1.82) is 0 Å². The van der Waals surface area contributed by atoms with Gasteiger partial charge in [-0.3, -0.25) is 0 Å². The molecule has 2 heteroatoms. The molecule has 1 rings (SSSR count). The van der Waals surface area contributed by atoms with E-state index in [0.29, 0.717) is 5.92 Å². The van der Waals surface area contributed by atoms with Crippen molar-refractivity contribution in [1.82, 2.24) is 0 Å². The van der Waals surface area contributed by atoms with Gasteiger partial charge in [0.25, 0.3) is 0 Å². The first-order valence-corrected chi connectivity index (χ1v) is 6.94. The Morgan fingerprint density at radius 1 is 1.24 bits per heavy atom. The minimum Gasteiger partial charge on any atom is -0.330 e. The molecule has 0 aliphatic carbocycles. The van der Waals surface area contributed by atoms with Crippen molar-refractivity contribution < 1.29 is 0 Å². The number of hydrogen-bond acceptors (Lipinski definition) is 1. The van der Waals surface area contributed by atoms with Crippen LogP contribution in [0, 0.1) is 11.8 Å². The number of halogens is 1. The smallest absolute Gasteiger partial charge is 0.0408 e. The van der Waals surface area contributed by atoms with Crippen molar-refractivity contribution in [3.63, 3.8) is 0 Å². The van der Waals surface area contributed by atoms with Gasteiger partial charge in [0.2, 0.25) is 0 Å². The van der Waals surface area contributed by atoms with Gasteiger partial charge in [-0.05, 0) is 48.9 Å². The fourth-order valence-electron chi connectivity index (χ4n) is 2.12. The molecule has 96 valence electrons. The maximum Gasteiger partial charge on any atom is 0.0408 e. The van der Waals surface area contributed by atoms with Crippen LogP contribution in [0.25, 0.3) is 0 Å². The van der Waals surface area contributed by atoms with Crippen molar-refractivity contribution in [2.24, 2.45) is 17.6 Å². The Balaban J connectivity index is 2.41. The second kappa shape index (κ2) is 7.73. The summed E-state index contributed by atoms with van der Waals surface area (Å²) >= 11 is 5.99. The predicted octanol–water partition coefficient (Wildman–Crippen LogP) is 4.28. The van der Waals surface area contributed by atoms with Gasteiger partial charge in [-0.2, -0.15) is 0 Å². The first-order valence-electron chi connectivity index (χ1n) is 6.56. The van der Waals surface area contributed by atoms with E-state index in [-0.39, 0.29) is 0 Å². The van der Waals surface area contributed by atoms with Crippen LogP contribution >= 0.6 is 11.6 Å². The zero-order valence-corrected chi connectivity index (χ0v) is 11.7. The van der Waals surface area contributed by atoms with E-state index in [2.05, 4.69) is 19.9 Å². The van der Waals surface area contributed by atoms with Crippen molar-refractivity contribution in [3.8, 4) is 0 Å². The molecule has 0 radical (unpaired) electrons. The van der Waals surface area contributed by atoms with Crippen LogP contribution in [0.5, 0.6) is 0 Å². The van der Waals surface area contributed by atoms with Crippen LogP contribution in [-0.4, -0.2) is 6.54 Å². The Bertz CT molecular complexity index is 322. The van der Waals surface area contributed by atoms with Gasteiger partial charge in [-0.25, -0.2) is 0 Å². The highest BCUT2D eigenvalue weighted by atomic mass is 35.5. The van der Waals surface area contributed by atoms with Crippen molar-refractivity contribution in [3.05, 3.63) is 34.9 Å². The zero-order chi connectivity index (χ0) is 12.7. The summed E-state index contributed by atoms with van der Waals surface area (Å²) in [6, 6.07) is 8.12. The number of benzene rings is 1. The molecule has 0 spiro atoms. The normalized spacial score (nSPS) is 13.0. The van der Waals surface area contributed by atoms with Crippen LogP contribution in [-0.2, 0) is 6.42 Å². The number of hydrogen-bond donors (Lipinski definition) is 1. The van der Waals surface area contributed by atoms with Crippen LogP contribution in [0.2, 0.25) is 5.02 Å². The van der Waals surface area contributed by atoms with Crippen LogP contribution in [0.15, 0.2) is 24.3 Å². The van der Waals surface area contributed by atoms with E-state index in [0.717, 1.165) is 23.9 Å². The number of rotatable bonds is 7. The molecular formula is C15H24ClN. The molecule has 1 atom stereocenters. The topological polar surface area (TPSA) is 26.0 Å². The molecule has 17 heavy (non-hydrogen) atoms. The lowest BCUT2D eigenvalue weighted by atomic mass is 9.92. The van der Waals surface area contributed by atoms with Crippen LogP contribution in [0.4, 0.5) is 0 Å². The third-order valence-electron chi connectivity index (χ3n) is 3.14. The first kappa shape index (κ1) is 14.5. The van der Waals surface area contributed by atoms with E-state index < -0.39 is 0 Å². The van der Waals surface area contributed by atoms with Gasteiger partial charge < -0.3 is 5.73 Å². The largest absolute Gasteiger partial charge is 0.330 e. The Morgan fingerprint density at radius 2 is 2.00 bits per heavy atom. The van der Waals surface area contributed by atoms with Gasteiger partial charge in [0.05, 0.1) is 0 Å². The van der Waals surface area contributed by atoms with Crippen molar-refractivity contribution in [2.75, 3.05) is 6.54 Å². The highest BCUT2D eigenvalue weighted by Gasteiger charge is 2.08. The first-order chi connectivity index (χ1) is 8.11. The van der Waals surface area contributed by atoms with Gasteiger partial charge in [0.15, 0.2) is 0 Å². The van der Waals surface area contributed by atoms with E-state index in [1.54, 1.807) is 0 Å². The summed E-state index contributed by atoms with van der Waals surface area (Å²) in [4.78, 5) is 0. The third kappa shape index (κ3) is 6.09. The predicted molar refractivity (Wildman–Crippen MR) is 76.4 cm³/mol. The average molecular weight is 254 g/mol. The molecular weight excluding hydrogens is 230 g/mol. The summed E-state index contributed by atoms with van der Waals surface area (Å²) < 4.78 is 0. The molecule has 2 N–H and O–H groups in total. The van der Waals surface area contributed by atoms with Gasteiger partial charge in [0.1, 0.15) is 0 Å². The second-order valence-electron chi connectivity index (χ2n) is 5.26. The van der Waals surface area contributed by atoms with E-state index in [1.165, 1.54) is 24.8 Å². The van der Waals surface area contributed by atoms with E-state index in [1.807, 2.05) is 18.2 Å². The Hall–Kier alpha value is -0.530. The summed E-state index contributed by atoms with van der Waals surface area (Å²) in [7, 11) is 0. The molecule has 0 aliphatic heterocycles. The molecule has 1 unspecified atom stereocenters. The summed E-state index contributed by atoms with van der Waals surface area (Å²) in [5.41, 5.74) is 7.15. The van der Waals surface area contributed by atoms with Gasteiger partial charge in [0, 0.05) is 5.02 Å². The highest BCUT2D eigenvalue weighted by Crippen LogP contribution is 2.18. The SMILES string of the molecule is CC(C)CCCC(CN)Cc1cccc(Cl)c1. The molecule has 1 aromatic carbocycles. The minimum absolute atomic E-state index is 0.590. The second-order valence-corrected chi connectivity index (χ2v) is 5.70. The van der Waals surface area contributed by atoms with Crippen molar-refractivity contribution in [2.45, 2.75) is 39.5 Å². The van der Waals surface area contributed by atoms with Gasteiger partial charge in [-0.15, -0.1) is 0 Å². The molecule has 0 amide bonds. The molecule has 1 nitrogen and oxygen atoms in total. The van der Waals surface area contributed by atoms with Crippen molar-refractivity contribution >= 4 is 11.6 Å². The fourth-order valence-corrected chi connectivity index (χ4v) is 2.33. The molecule has 0 aromatic heterocycles. The third-order valence-corrected chi connectivity index (χ3v) is 3.38. The van der Waals surface area contributed by atoms with Crippen LogP contribution in [0.1, 0.15) is 38.7 Å². The molecule has 0 bridgehead atoms.